The first-order valence-corrected chi connectivity index (χ1v) is 6.96. The van der Waals surface area contributed by atoms with Gasteiger partial charge in [-0.3, -0.25) is 0 Å². The van der Waals surface area contributed by atoms with Crippen LogP contribution in [0.4, 0.5) is 4.39 Å². The number of hydrogen-bond acceptors (Lipinski definition) is 4. The van der Waals surface area contributed by atoms with Crippen molar-refractivity contribution >= 4 is 12.6 Å². The van der Waals surface area contributed by atoms with E-state index in [1.165, 1.54) is 6.20 Å². The van der Waals surface area contributed by atoms with E-state index in [0.717, 1.165) is 12.8 Å². The van der Waals surface area contributed by atoms with Gasteiger partial charge in [0, 0.05) is 5.46 Å². The molecule has 20 heavy (non-hydrogen) atoms. The summed E-state index contributed by atoms with van der Waals surface area (Å²) >= 11 is 0. The first-order chi connectivity index (χ1) is 9.28. The van der Waals surface area contributed by atoms with Crippen molar-refractivity contribution in [3.63, 3.8) is 0 Å². The molecule has 0 spiro atoms. The zero-order valence-electron chi connectivity index (χ0n) is 12.3. The van der Waals surface area contributed by atoms with E-state index in [2.05, 4.69) is 4.98 Å². The van der Waals surface area contributed by atoms with Crippen molar-refractivity contribution in [2.45, 2.75) is 57.8 Å². The maximum atomic E-state index is 14.0. The Kier molecular flexibility index (Phi) is 3.06. The quantitative estimate of drug-likeness (QED) is 0.627. The van der Waals surface area contributed by atoms with E-state index in [1.807, 2.05) is 27.7 Å². The van der Waals surface area contributed by atoms with Crippen LogP contribution in [0.3, 0.4) is 0 Å². The van der Waals surface area contributed by atoms with E-state index in [-0.39, 0.29) is 6.10 Å². The predicted octanol–water partition coefficient (Wildman–Crippen LogP) is 2.06. The van der Waals surface area contributed by atoms with Crippen molar-refractivity contribution in [2.24, 2.45) is 0 Å². The van der Waals surface area contributed by atoms with Crippen LogP contribution in [-0.2, 0) is 9.31 Å². The summed E-state index contributed by atoms with van der Waals surface area (Å²) < 4.78 is 31.3. The highest BCUT2D eigenvalue weighted by molar-refractivity contribution is 6.62. The fourth-order valence-electron chi connectivity index (χ4n) is 2.02. The lowest BCUT2D eigenvalue weighted by atomic mass is 9.80. The van der Waals surface area contributed by atoms with Gasteiger partial charge in [0.25, 0.3) is 0 Å². The predicted molar refractivity (Wildman–Crippen MR) is 73.6 cm³/mol. The van der Waals surface area contributed by atoms with Crippen molar-refractivity contribution < 1.29 is 18.4 Å². The number of ether oxygens (including phenoxy) is 1. The third-order valence-electron chi connectivity index (χ3n) is 4.18. The highest BCUT2D eigenvalue weighted by atomic mass is 19.1. The van der Waals surface area contributed by atoms with Crippen molar-refractivity contribution in [3.8, 4) is 5.75 Å². The van der Waals surface area contributed by atoms with Gasteiger partial charge in [0.1, 0.15) is 5.75 Å². The summed E-state index contributed by atoms with van der Waals surface area (Å²) in [5.41, 5.74) is -0.712. The Balaban J connectivity index is 1.86. The van der Waals surface area contributed by atoms with Gasteiger partial charge in [-0.05, 0) is 46.6 Å². The molecule has 3 rings (SSSR count). The SMILES string of the molecule is CC1(C)OB(c2cc(OC3CC3)cnc2F)OC1(C)C. The van der Waals surface area contributed by atoms with Gasteiger partial charge in [-0.25, -0.2) is 4.98 Å². The Morgan fingerprint density at radius 2 is 1.85 bits per heavy atom. The molecule has 2 fully saturated rings. The molecule has 0 radical (unpaired) electrons. The van der Waals surface area contributed by atoms with Crippen molar-refractivity contribution in [1.82, 2.24) is 4.98 Å². The highest BCUT2D eigenvalue weighted by Gasteiger charge is 2.52. The van der Waals surface area contributed by atoms with Gasteiger partial charge in [-0.1, -0.05) is 0 Å². The zero-order chi connectivity index (χ0) is 14.5. The van der Waals surface area contributed by atoms with Crippen LogP contribution in [0.1, 0.15) is 40.5 Å². The second-order valence-electron chi connectivity index (χ2n) is 6.46. The van der Waals surface area contributed by atoms with Crippen LogP contribution in [0.5, 0.6) is 5.75 Å². The molecule has 1 aromatic rings. The monoisotopic (exact) mass is 279 g/mol. The molecule has 6 heteroatoms. The van der Waals surface area contributed by atoms with Gasteiger partial charge >= 0.3 is 7.12 Å². The molecule has 1 saturated carbocycles. The molecule has 108 valence electrons. The molecule has 1 aromatic heterocycles. The Bertz CT molecular complexity index is 515. The van der Waals surface area contributed by atoms with Crippen LogP contribution in [0.15, 0.2) is 12.3 Å². The topological polar surface area (TPSA) is 40.6 Å². The maximum absolute atomic E-state index is 14.0. The van der Waals surface area contributed by atoms with Crippen LogP contribution < -0.4 is 10.2 Å². The molecule has 1 saturated heterocycles. The number of hydrogen-bond donors (Lipinski definition) is 0. The summed E-state index contributed by atoms with van der Waals surface area (Å²) in [7, 11) is -0.754. The summed E-state index contributed by atoms with van der Waals surface area (Å²) in [5, 5.41) is 0. The van der Waals surface area contributed by atoms with Crippen molar-refractivity contribution in [2.75, 3.05) is 0 Å². The lowest BCUT2D eigenvalue weighted by molar-refractivity contribution is 0.00578. The third kappa shape index (κ3) is 2.42. The van der Waals surface area contributed by atoms with E-state index in [1.54, 1.807) is 6.07 Å². The standard InChI is InChI=1S/C14H19BFNO3/c1-13(2)14(3,4)20-15(19-13)11-7-10(8-17-12(11)16)18-9-5-6-9/h7-9H,5-6H2,1-4H3. The molecule has 1 aliphatic carbocycles. The van der Waals surface area contributed by atoms with Crippen LogP contribution in [0, 0.1) is 5.95 Å². The van der Waals surface area contributed by atoms with E-state index in [9.17, 15) is 4.39 Å². The zero-order valence-corrected chi connectivity index (χ0v) is 12.3. The highest BCUT2D eigenvalue weighted by Crippen LogP contribution is 2.37. The van der Waals surface area contributed by atoms with Crippen molar-refractivity contribution in [1.29, 1.82) is 0 Å². The van der Waals surface area contributed by atoms with Gasteiger partial charge in [-0.2, -0.15) is 4.39 Å². The molecular formula is C14H19BFNO3. The molecule has 0 bridgehead atoms. The van der Waals surface area contributed by atoms with Gasteiger partial charge in [-0.15, -0.1) is 0 Å². The molecule has 1 aliphatic heterocycles. The van der Waals surface area contributed by atoms with Crippen LogP contribution in [-0.4, -0.2) is 29.4 Å². The Morgan fingerprint density at radius 3 is 2.40 bits per heavy atom. The number of rotatable bonds is 3. The normalized spacial score (nSPS) is 23.9. The molecule has 4 nitrogen and oxygen atoms in total. The van der Waals surface area contributed by atoms with Gasteiger partial charge in [0.05, 0.1) is 23.5 Å². The van der Waals surface area contributed by atoms with Crippen LogP contribution in [0.2, 0.25) is 0 Å². The minimum absolute atomic E-state index is 0.244. The summed E-state index contributed by atoms with van der Waals surface area (Å²) in [4.78, 5) is 3.75. The van der Waals surface area contributed by atoms with Crippen LogP contribution in [0.25, 0.3) is 0 Å². The summed E-state index contributed by atoms with van der Waals surface area (Å²) in [6, 6.07) is 1.63. The number of pyridine rings is 1. The fraction of sp³-hybridized carbons (Fsp3) is 0.643. The first-order valence-electron chi connectivity index (χ1n) is 6.96. The van der Waals surface area contributed by atoms with E-state index in [0.29, 0.717) is 11.2 Å². The summed E-state index contributed by atoms with van der Waals surface area (Å²) in [5.74, 6) is -0.00902. The minimum Gasteiger partial charge on any atom is -0.489 e. The minimum atomic E-state index is -0.754. The number of nitrogens with zero attached hydrogens (tertiary/aromatic N) is 1. The largest absolute Gasteiger partial charge is 0.499 e. The molecule has 0 unspecified atom stereocenters. The molecule has 0 amide bonds. The number of aromatic nitrogens is 1. The van der Waals surface area contributed by atoms with Gasteiger partial charge in [0.2, 0.25) is 5.95 Å². The first kappa shape index (κ1) is 13.8. The van der Waals surface area contributed by atoms with Crippen LogP contribution >= 0.6 is 0 Å². The van der Waals surface area contributed by atoms with Gasteiger partial charge in [0.15, 0.2) is 0 Å². The molecule has 0 aromatic carbocycles. The smallest absolute Gasteiger partial charge is 0.489 e. The van der Waals surface area contributed by atoms with Crippen molar-refractivity contribution in [3.05, 3.63) is 18.2 Å². The number of halogens is 1. The fourth-order valence-corrected chi connectivity index (χ4v) is 2.02. The van der Waals surface area contributed by atoms with E-state index < -0.39 is 24.3 Å². The third-order valence-corrected chi connectivity index (χ3v) is 4.18. The maximum Gasteiger partial charge on any atom is 0.499 e. The molecule has 0 atom stereocenters. The summed E-state index contributed by atoms with van der Waals surface area (Å²) in [6.45, 7) is 7.73. The average molecular weight is 279 g/mol. The molecule has 2 aliphatic rings. The second-order valence-corrected chi connectivity index (χ2v) is 6.46. The lowest BCUT2D eigenvalue weighted by Gasteiger charge is -2.32. The average Bonchev–Trinajstić information content (AvgIpc) is 3.10. The second kappa shape index (κ2) is 4.43. The lowest BCUT2D eigenvalue weighted by Crippen LogP contribution is -2.41. The van der Waals surface area contributed by atoms with E-state index in [4.69, 9.17) is 14.0 Å². The molecule has 0 N–H and O–H groups in total. The van der Waals surface area contributed by atoms with Gasteiger partial charge < -0.3 is 14.0 Å². The molecule has 2 heterocycles. The van der Waals surface area contributed by atoms with E-state index >= 15 is 0 Å². The molecular weight excluding hydrogens is 260 g/mol. The Morgan fingerprint density at radius 1 is 1.25 bits per heavy atom. The summed E-state index contributed by atoms with van der Waals surface area (Å²) in [6.07, 6.45) is 3.74. The Hall–Kier alpha value is -1.14. The Labute approximate surface area is 118 Å².